The second-order valence-corrected chi connectivity index (χ2v) is 3.42. The third-order valence-corrected chi connectivity index (χ3v) is 2.26. The van der Waals surface area contributed by atoms with Crippen molar-refractivity contribution < 1.29 is 14.6 Å². The van der Waals surface area contributed by atoms with Gasteiger partial charge in [0.05, 0.1) is 7.11 Å². The first-order valence-electron chi connectivity index (χ1n) is 3.92. The van der Waals surface area contributed by atoms with Crippen molar-refractivity contribution in [3.63, 3.8) is 0 Å². The molecule has 0 saturated heterocycles. The summed E-state index contributed by atoms with van der Waals surface area (Å²) in [5.41, 5.74) is 0. The molecular formula is C10H10O3S. The maximum absolute atomic E-state index is 10.7. The van der Waals surface area contributed by atoms with E-state index < -0.39 is 0 Å². The van der Waals surface area contributed by atoms with E-state index in [1.807, 2.05) is 0 Å². The standard InChI is InChI=1S/C10H10O3S/c1-13-10(12)6-7-14-9-4-2-8(11)3-5-9/h2-7,11H,1H3/b7-6-. The minimum atomic E-state index is -0.378. The van der Waals surface area contributed by atoms with E-state index in [-0.39, 0.29) is 11.7 Å². The molecule has 1 aromatic rings. The van der Waals surface area contributed by atoms with Gasteiger partial charge in [0, 0.05) is 11.0 Å². The average molecular weight is 210 g/mol. The highest BCUT2D eigenvalue weighted by molar-refractivity contribution is 8.02. The first-order valence-corrected chi connectivity index (χ1v) is 4.80. The molecule has 1 N–H and O–H groups in total. The van der Waals surface area contributed by atoms with Gasteiger partial charge >= 0.3 is 5.97 Å². The third-order valence-electron chi connectivity index (χ3n) is 1.45. The number of carbonyl (C=O) groups is 1. The second-order valence-electron chi connectivity index (χ2n) is 2.44. The summed E-state index contributed by atoms with van der Waals surface area (Å²) in [6, 6.07) is 6.71. The fraction of sp³-hybridized carbons (Fsp3) is 0.100. The zero-order valence-electron chi connectivity index (χ0n) is 7.64. The molecule has 0 aliphatic heterocycles. The lowest BCUT2D eigenvalue weighted by molar-refractivity contribution is -0.134. The summed E-state index contributed by atoms with van der Waals surface area (Å²) in [4.78, 5) is 11.6. The Morgan fingerprint density at radius 3 is 2.64 bits per heavy atom. The van der Waals surface area contributed by atoms with Crippen LogP contribution in [0.1, 0.15) is 0 Å². The van der Waals surface area contributed by atoms with Crippen LogP contribution in [0.15, 0.2) is 40.6 Å². The summed E-state index contributed by atoms with van der Waals surface area (Å²) >= 11 is 1.38. The first kappa shape index (κ1) is 10.7. The van der Waals surface area contributed by atoms with Gasteiger partial charge in [-0.1, -0.05) is 11.8 Å². The predicted octanol–water partition coefficient (Wildman–Crippen LogP) is 2.17. The summed E-state index contributed by atoms with van der Waals surface area (Å²) in [7, 11) is 1.33. The molecule has 0 aromatic heterocycles. The van der Waals surface area contributed by atoms with Gasteiger partial charge in [0.15, 0.2) is 0 Å². The summed E-state index contributed by atoms with van der Waals surface area (Å²) in [5, 5.41) is 10.6. The first-order chi connectivity index (χ1) is 6.72. The number of hydrogen-bond donors (Lipinski definition) is 1. The molecule has 3 nitrogen and oxygen atoms in total. The van der Waals surface area contributed by atoms with Crippen LogP contribution in [0.25, 0.3) is 0 Å². The number of benzene rings is 1. The molecule has 0 radical (unpaired) electrons. The van der Waals surface area contributed by atoms with E-state index in [0.717, 1.165) is 4.90 Å². The number of ether oxygens (including phenoxy) is 1. The second kappa shape index (κ2) is 5.34. The normalized spacial score (nSPS) is 10.4. The van der Waals surface area contributed by atoms with Crippen LogP contribution in [0.3, 0.4) is 0 Å². The van der Waals surface area contributed by atoms with Crippen molar-refractivity contribution in [3.8, 4) is 5.75 Å². The van der Waals surface area contributed by atoms with Gasteiger partial charge in [-0.05, 0) is 29.7 Å². The van der Waals surface area contributed by atoms with Gasteiger partial charge in [-0.25, -0.2) is 4.79 Å². The lowest BCUT2D eigenvalue weighted by atomic mass is 10.3. The highest BCUT2D eigenvalue weighted by Gasteiger charge is 1.93. The molecule has 0 unspecified atom stereocenters. The fourth-order valence-electron chi connectivity index (χ4n) is 0.761. The highest BCUT2D eigenvalue weighted by Crippen LogP contribution is 2.21. The summed E-state index contributed by atoms with van der Waals surface area (Å²) in [5.74, 6) is -0.150. The van der Waals surface area contributed by atoms with Crippen LogP contribution >= 0.6 is 11.8 Å². The third kappa shape index (κ3) is 3.53. The van der Waals surface area contributed by atoms with Crippen LogP contribution < -0.4 is 0 Å². The molecule has 0 spiro atoms. The molecule has 0 amide bonds. The van der Waals surface area contributed by atoms with Crippen LogP contribution in [0.4, 0.5) is 0 Å². The monoisotopic (exact) mass is 210 g/mol. The number of phenolic OH excluding ortho intramolecular Hbond substituents is 1. The molecular weight excluding hydrogens is 200 g/mol. The van der Waals surface area contributed by atoms with E-state index in [9.17, 15) is 4.79 Å². The number of thioether (sulfide) groups is 1. The Morgan fingerprint density at radius 1 is 1.43 bits per heavy atom. The van der Waals surface area contributed by atoms with Gasteiger partial charge in [0.2, 0.25) is 0 Å². The van der Waals surface area contributed by atoms with Gasteiger partial charge in [-0.3, -0.25) is 0 Å². The molecule has 0 aliphatic rings. The summed E-state index contributed by atoms with van der Waals surface area (Å²) < 4.78 is 4.43. The number of phenols is 1. The van der Waals surface area contributed by atoms with Crippen molar-refractivity contribution in [3.05, 3.63) is 35.7 Å². The number of esters is 1. The lowest BCUT2D eigenvalue weighted by Gasteiger charge is -1.95. The Kier molecular flexibility index (Phi) is 4.07. The van der Waals surface area contributed by atoms with Gasteiger partial charge in [0.1, 0.15) is 5.75 Å². The van der Waals surface area contributed by atoms with Crippen LogP contribution in [-0.4, -0.2) is 18.2 Å². The van der Waals surface area contributed by atoms with E-state index >= 15 is 0 Å². The van der Waals surface area contributed by atoms with Gasteiger partial charge in [0.25, 0.3) is 0 Å². The molecule has 1 rings (SSSR count). The van der Waals surface area contributed by atoms with Crippen LogP contribution in [0, 0.1) is 0 Å². The van der Waals surface area contributed by atoms with Crippen LogP contribution in [0.2, 0.25) is 0 Å². The Morgan fingerprint density at radius 2 is 2.07 bits per heavy atom. The Labute approximate surface area is 86.4 Å². The maximum Gasteiger partial charge on any atom is 0.330 e. The Balaban J connectivity index is 2.49. The fourth-order valence-corrected chi connectivity index (χ4v) is 1.39. The molecule has 74 valence electrons. The van der Waals surface area contributed by atoms with Crippen LogP contribution in [0.5, 0.6) is 5.75 Å². The van der Waals surface area contributed by atoms with Crippen molar-refractivity contribution in [1.82, 2.24) is 0 Å². The Hall–Kier alpha value is -1.42. The minimum absolute atomic E-state index is 0.228. The molecule has 0 saturated carbocycles. The van der Waals surface area contributed by atoms with E-state index in [4.69, 9.17) is 5.11 Å². The largest absolute Gasteiger partial charge is 0.508 e. The number of carbonyl (C=O) groups excluding carboxylic acids is 1. The van der Waals surface area contributed by atoms with E-state index in [1.165, 1.54) is 24.9 Å². The summed E-state index contributed by atoms with van der Waals surface area (Å²) in [6.07, 6.45) is 1.34. The van der Waals surface area contributed by atoms with Crippen molar-refractivity contribution >= 4 is 17.7 Å². The molecule has 1 aromatic carbocycles. The van der Waals surface area contributed by atoms with Crippen molar-refractivity contribution in [2.45, 2.75) is 4.90 Å². The molecule has 4 heteroatoms. The Bertz CT molecular complexity index is 330. The van der Waals surface area contributed by atoms with Crippen molar-refractivity contribution in [2.24, 2.45) is 0 Å². The van der Waals surface area contributed by atoms with Crippen molar-refractivity contribution in [1.29, 1.82) is 0 Å². The quantitative estimate of drug-likeness (QED) is 0.472. The number of rotatable bonds is 3. The average Bonchev–Trinajstić information content (AvgIpc) is 2.21. The summed E-state index contributed by atoms with van der Waals surface area (Å²) in [6.45, 7) is 0. The number of hydrogen-bond acceptors (Lipinski definition) is 4. The van der Waals surface area contributed by atoms with Gasteiger partial charge in [-0.2, -0.15) is 0 Å². The molecule has 0 atom stereocenters. The zero-order valence-corrected chi connectivity index (χ0v) is 8.45. The number of methoxy groups -OCH3 is 1. The zero-order chi connectivity index (χ0) is 10.4. The molecule has 0 bridgehead atoms. The van der Waals surface area contributed by atoms with Gasteiger partial charge in [-0.15, -0.1) is 0 Å². The molecule has 0 fully saturated rings. The topological polar surface area (TPSA) is 46.5 Å². The molecule has 0 heterocycles. The van der Waals surface area contributed by atoms with E-state index in [1.54, 1.807) is 29.7 Å². The predicted molar refractivity (Wildman–Crippen MR) is 55.1 cm³/mol. The minimum Gasteiger partial charge on any atom is -0.508 e. The smallest absolute Gasteiger partial charge is 0.330 e. The SMILES string of the molecule is COC(=O)/C=C\Sc1ccc(O)cc1. The van der Waals surface area contributed by atoms with Crippen LogP contribution in [-0.2, 0) is 9.53 Å². The lowest BCUT2D eigenvalue weighted by Crippen LogP contribution is -1.92. The maximum atomic E-state index is 10.7. The number of aromatic hydroxyl groups is 1. The van der Waals surface area contributed by atoms with Gasteiger partial charge < -0.3 is 9.84 Å². The highest BCUT2D eigenvalue weighted by atomic mass is 32.2. The van der Waals surface area contributed by atoms with Crippen molar-refractivity contribution in [2.75, 3.05) is 7.11 Å². The van der Waals surface area contributed by atoms with E-state index in [2.05, 4.69) is 4.74 Å². The molecule has 14 heavy (non-hydrogen) atoms. The molecule has 0 aliphatic carbocycles. The van der Waals surface area contributed by atoms with E-state index in [0.29, 0.717) is 0 Å².